The topological polar surface area (TPSA) is 53.1 Å². The standard InChI is InChI=1S/C14H15NO2S2/c1-2-3-4-9-5-7-10(8-6-9)12-11(13(16)17)15-14(18)19-12/h5-8H,2-4H2,1H3,(H,15,18)(H,16,17). The second-order valence-electron chi connectivity index (χ2n) is 4.32. The van der Waals surface area contributed by atoms with Crippen molar-refractivity contribution in [3.05, 3.63) is 39.5 Å². The van der Waals surface area contributed by atoms with Gasteiger partial charge in [-0.3, -0.25) is 0 Å². The predicted molar refractivity (Wildman–Crippen MR) is 80.5 cm³/mol. The maximum Gasteiger partial charge on any atom is 0.353 e. The lowest BCUT2D eigenvalue weighted by molar-refractivity contribution is 0.0692. The lowest BCUT2D eigenvalue weighted by Crippen LogP contribution is -1.98. The highest BCUT2D eigenvalue weighted by Gasteiger charge is 2.14. The summed E-state index contributed by atoms with van der Waals surface area (Å²) in [7, 11) is 0. The van der Waals surface area contributed by atoms with Crippen molar-refractivity contribution in [2.24, 2.45) is 0 Å². The van der Waals surface area contributed by atoms with Gasteiger partial charge in [0, 0.05) is 0 Å². The first-order valence-corrected chi connectivity index (χ1v) is 7.40. The minimum atomic E-state index is -0.975. The number of aromatic nitrogens is 1. The molecule has 1 heterocycles. The summed E-state index contributed by atoms with van der Waals surface area (Å²) < 4.78 is 0.488. The maximum atomic E-state index is 11.1. The Morgan fingerprint density at radius 2 is 2.05 bits per heavy atom. The van der Waals surface area contributed by atoms with Crippen molar-refractivity contribution in [2.75, 3.05) is 0 Å². The van der Waals surface area contributed by atoms with Crippen molar-refractivity contribution in [1.29, 1.82) is 0 Å². The van der Waals surface area contributed by atoms with Crippen LogP contribution in [0.5, 0.6) is 0 Å². The number of hydrogen-bond donors (Lipinski definition) is 2. The van der Waals surface area contributed by atoms with Crippen LogP contribution in [0.15, 0.2) is 24.3 Å². The van der Waals surface area contributed by atoms with Gasteiger partial charge in [0.1, 0.15) is 5.69 Å². The third kappa shape index (κ3) is 3.30. The molecule has 0 aliphatic heterocycles. The van der Waals surface area contributed by atoms with Gasteiger partial charge in [-0.25, -0.2) is 4.79 Å². The fraction of sp³-hybridized carbons (Fsp3) is 0.286. The van der Waals surface area contributed by atoms with E-state index < -0.39 is 5.97 Å². The van der Waals surface area contributed by atoms with E-state index in [2.05, 4.69) is 24.0 Å². The summed E-state index contributed by atoms with van der Waals surface area (Å²) in [5.41, 5.74) is 2.35. The molecule has 0 atom stereocenters. The molecule has 2 aromatic rings. The van der Waals surface area contributed by atoms with E-state index in [4.69, 9.17) is 17.3 Å². The summed E-state index contributed by atoms with van der Waals surface area (Å²) in [6, 6.07) is 8.04. The van der Waals surface area contributed by atoms with Gasteiger partial charge in [0.2, 0.25) is 0 Å². The number of carboxylic acids is 1. The van der Waals surface area contributed by atoms with Crippen LogP contribution in [-0.4, -0.2) is 16.1 Å². The predicted octanol–water partition coefficient (Wildman–Crippen LogP) is 4.51. The van der Waals surface area contributed by atoms with Crippen LogP contribution in [0.4, 0.5) is 0 Å². The molecule has 0 aliphatic carbocycles. The average molecular weight is 293 g/mol. The summed E-state index contributed by atoms with van der Waals surface area (Å²) >= 11 is 6.32. The van der Waals surface area contributed by atoms with Crippen molar-refractivity contribution >= 4 is 29.5 Å². The Bertz CT molecular complexity index is 626. The third-order valence-electron chi connectivity index (χ3n) is 2.90. The first kappa shape index (κ1) is 14.0. The molecule has 0 saturated carbocycles. The van der Waals surface area contributed by atoms with Crippen LogP contribution in [0.1, 0.15) is 35.8 Å². The smallest absolute Gasteiger partial charge is 0.353 e. The molecule has 5 heteroatoms. The molecule has 1 aromatic carbocycles. The third-order valence-corrected chi connectivity index (χ3v) is 4.18. The molecule has 0 aliphatic rings. The van der Waals surface area contributed by atoms with Crippen LogP contribution in [0.25, 0.3) is 10.4 Å². The van der Waals surface area contributed by atoms with Crippen LogP contribution in [0.3, 0.4) is 0 Å². The van der Waals surface area contributed by atoms with Crippen molar-refractivity contribution in [1.82, 2.24) is 4.98 Å². The molecule has 0 unspecified atom stereocenters. The summed E-state index contributed by atoms with van der Waals surface area (Å²) in [5.74, 6) is -0.975. The number of unbranched alkanes of at least 4 members (excludes halogenated alkanes) is 1. The first-order valence-electron chi connectivity index (χ1n) is 6.17. The van der Waals surface area contributed by atoms with Gasteiger partial charge in [0.05, 0.1) is 4.88 Å². The zero-order valence-corrected chi connectivity index (χ0v) is 12.2. The van der Waals surface area contributed by atoms with Gasteiger partial charge in [-0.1, -0.05) is 37.6 Å². The van der Waals surface area contributed by atoms with Crippen LogP contribution in [0, 0.1) is 3.95 Å². The Hall–Kier alpha value is -1.46. The van der Waals surface area contributed by atoms with Crippen molar-refractivity contribution in [3.63, 3.8) is 0 Å². The summed E-state index contributed by atoms with van der Waals surface area (Å²) in [4.78, 5) is 14.6. The molecule has 0 bridgehead atoms. The highest BCUT2D eigenvalue weighted by atomic mass is 32.1. The zero-order chi connectivity index (χ0) is 13.8. The fourth-order valence-electron chi connectivity index (χ4n) is 1.89. The van der Waals surface area contributed by atoms with Crippen LogP contribution in [0.2, 0.25) is 0 Å². The van der Waals surface area contributed by atoms with E-state index in [1.165, 1.54) is 29.7 Å². The maximum absolute atomic E-state index is 11.1. The van der Waals surface area contributed by atoms with E-state index in [0.717, 1.165) is 12.0 Å². The Labute approximate surface area is 120 Å². The summed E-state index contributed by atoms with van der Waals surface area (Å²) in [5, 5.41) is 9.14. The molecule has 0 amide bonds. The minimum absolute atomic E-state index is 0.177. The monoisotopic (exact) mass is 293 g/mol. The lowest BCUT2D eigenvalue weighted by Gasteiger charge is -2.03. The van der Waals surface area contributed by atoms with Gasteiger partial charge in [-0.05, 0) is 36.2 Å². The van der Waals surface area contributed by atoms with E-state index in [9.17, 15) is 4.79 Å². The Kier molecular flexibility index (Phi) is 4.50. The number of nitrogens with one attached hydrogen (secondary N) is 1. The number of benzene rings is 1. The van der Waals surface area contributed by atoms with E-state index in [-0.39, 0.29) is 5.69 Å². The molecule has 0 spiro atoms. The van der Waals surface area contributed by atoms with E-state index >= 15 is 0 Å². The Morgan fingerprint density at radius 3 is 2.63 bits per heavy atom. The van der Waals surface area contributed by atoms with Gasteiger partial charge < -0.3 is 10.1 Å². The summed E-state index contributed by atoms with van der Waals surface area (Å²) in [6.07, 6.45) is 3.40. The highest BCUT2D eigenvalue weighted by Crippen LogP contribution is 2.29. The Balaban J connectivity index is 2.32. The number of rotatable bonds is 5. The number of carboxylic acid groups (broad SMARTS) is 1. The van der Waals surface area contributed by atoms with E-state index in [0.29, 0.717) is 8.83 Å². The quantitative estimate of drug-likeness (QED) is 0.797. The molecule has 0 fully saturated rings. The molecule has 100 valence electrons. The van der Waals surface area contributed by atoms with E-state index in [1.54, 1.807) is 0 Å². The average Bonchev–Trinajstić information content (AvgIpc) is 2.79. The first-order chi connectivity index (χ1) is 9.11. The molecule has 2 rings (SSSR count). The number of aromatic amines is 1. The van der Waals surface area contributed by atoms with Crippen LogP contribution in [-0.2, 0) is 6.42 Å². The van der Waals surface area contributed by atoms with Gasteiger partial charge in [-0.15, -0.1) is 11.3 Å². The number of aryl methyl sites for hydroxylation is 1. The number of carbonyl (C=O) groups is 1. The van der Waals surface area contributed by atoms with Gasteiger partial charge in [0.15, 0.2) is 3.95 Å². The zero-order valence-electron chi connectivity index (χ0n) is 10.6. The van der Waals surface area contributed by atoms with Crippen molar-refractivity contribution < 1.29 is 9.90 Å². The number of thiazole rings is 1. The number of H-pyrrole nitrogens is 1. The highest BCUT2D eigenvalue weighted by molar-refractivity contribution is 7.73. The molecular weight excluding hydrogens is 278 g/mol. The normalized spacial score (nSPS) is 10.6. The molecule has 0 radical (unpaired) electrons. The fourth-order valence-corrected chi connectivity index (χ4v) is 3.07. The van der Waals surface area contributed by atoms with Gasteiger partial charge >= 0.3 is 5.97 Å². The summed E-state index contributed by atoms with van der Waals surface area (Å²) in [6.45, 7) is 2.17. The molecule has 0 saturated heterocycles. The van der Waals surface area contributed by atoms with Gasteiger partial charge in [0.25, 0.3) is 0 Å². The second-order valence-corrected chi connectivity index (χ2v) is 6.01. The van der Waals surface area contributed by atoms with Gasteiger partial charge in [-0.2, -0.15) is 0 Å². The van der Waals surface area contributed by atoms with E-state index in [1.807, 2.05) is 12.1 Å². The lowest BCUT2D eigenvalue weighted by atomic mass is 10.1. The van der Waals surface area contributed by atoms with Crippen molar-refractivity contribution in [3.8, 4) is 10.4 Å². The molecule has 19 heavy (non-hydrogen) atoms. The molecule has 3 nitrogen and oxygen atoms in total. The Morgan fingerprint density at radius 1 is 1.37 bits per heavy atom. The number of hydrogen-bond acceptors (Lipinski definition) is 3. The van der Waals surface area contributed by atoms with Crippen molar-refractivity contribution in [2.45, 2.75) is 26.2 Å². The molecular formula is C14H15NO2S2. The number of aromatic carboxylic acids is 1. The van der Waals surface area contributed by atoms with Crippen LogP contribution >= 0.6 is 23.6 Å². The minimum Gasteiger partial charge on any atom is -0.477 e. The second kappa shape index (κ2) is 6.12. The largest absolute Gasteiger partial charge is 0.477 e. The molecule has 1 aromatic heterocycles. The molecule has 2 N–H and O–H groups in total. The SMILES string of the molecule is CCCCc1ccc(-c2sc(=S)[nH]c2C(=O)O)cc1. The van der Waals surface area contributed by atoms with Crippen LogP contribution < -0.4 is 0 Å².